The average Bonchev–Trinajstić information content (AvgIpc) is 1.85. The van der Waals surface area contributed by atoms with Crippen molar-refractivity contribution in [2.45, 2.75) is 6.18 Å². The quantitative estimate of drug-likeness (QED) is 0.704. The third kappa shape index (κ3) is 4.74. The highest BCUT2D eigenvalue weighted by atomic mass is 31.1. The summed E-state index contributed by atoms with van der Waals surface area (Å²) >= 11 is 0. The highest BCUT2D eigenvalue weighted by Crippen LogP contribution is 2.28. The van der Waals surface area contributed by atoms with Crippen molar-refractivity contribution in [2.24, 2.45) is 5.92 Å². The van der Waals surface area contributed by atoms with Crippen LogP contribution in [0.2, 0.25) is 0 Å². The molecule has 2 unspecified atom stereocenters. The monoisotopic (exact) mass is 206 g/mol. The van der Waals surface area contributed by atoms with Crippen molar-refractivity contribution >= 4 is 8.03 Å². The molecule has 0 saturated carbocycles. The van der Waals surface area contributed by atoms with Crippen molar-refractivity contribution in [3.05, 3.63) is 0 Å². The maximum absolute atomic E-state index is 11.8. The van der Waals surface area contributed by atoms with E-state index in [1.807, 2.05) is 0 Å². The molecule has 3 nitrogen and oxygen atoms in total. The SMILES string of the molecule is C[PH](=O)OCC(CO)C(F)(F)F. The van der Waals surface area contributed by atoms with Crippen LogP contribution < -0.4 is 0 Å². The van der Waals surface area contributed by atoms with Crippen LogP contribution in [-0.4, -0.2) is 31.2 Å². The topological polar surface area (TPSA) is 46.5 Å². The predicted octanol–water partition coefficient (Wildman–Crippen LogP) is 1.28. The van der Waals surface area contributed by atoms with Crippen LogP contribution in [0.3, 0.4) is 0 Å². The van der Waals surface area contributed by atoms with E-state index in [4.69, 9.17) is 5.11 Å². The van der Waals surface area contributed by atoms with E-state index in [2.05, 4.69) is 4.52 Å². The van der Waals surface area contributed by atoms with Crippen LogP contribution in [0.4, 0.5) is 13.2 Å². The van der Waals surface area contributed by atoms with Gasteiger partial charge in [0, 0.05) is 6.66 Å². The second kappa shape index (κ2) is 4.84. The van der Waals surface area contributed by atoms with Crippen LogP contribution in [0.1, 0.15) is 0 Å². The summed E-state index contributed by atoms with van der Waals surface area (Å²) in [5.41, 5.74) is 0. The van der Waals surface area contributed by atoms with Gasteiger partial charge in [0.1, 0.15) is 5.92 Å². The molecule has 0 bridgehead atoms. The normalized spacial score (nSPS) is 17.4. The zero-order valence-electron chi connectivity index (χ0n) is 6.39. The van der Waals surface area contributed by atoms with Gasteiger partial charge in [-0.2, -0.15) is 13.2 Å². The number of alkyl halides is 3. The molecule has 0 aliphatic heterocycles. The second-order valence-electron chi connectivity index (χ2n) is 2.22. The van der Waals surface area contributed by atoms with E-state index >= 15 is 0 Å². The van der Waals surface area contributed by atoms with Crippen LogP contribution in [0.25, 0.3) is 0 Å². The Hall–Kier alpha value is -0.0600. The molecule has 0 aliphatic carbocycles. The van der Waals surface area contributed by atoms with Gasteiger partial charge in [-0.25, -0.2) is 0 Å². The molecule has 0 aromatic rings. The number of hydrogen-bond acceptors (Lipinski definition) is 3. The first-order valence-corrected chi connectivity index (χ1v) is 5.00. The van der Waals surface area contributed by atoms with Crippen LogP contribution in [-0.2, 0) is 9.09 Å². The molecule has 0 amide bonds. The maximum Gasteiger partial charge on any atom is 0.396 e. The van der Waals surface area contributed by atoms with Gasteiger partial charge in [-0.15, -0.1) is 0 Å². The van der Waals surface area contributed by atoms with E-state index in [9.17, 15) is 17.7 Å². The molecule has 0 aliphatic rings. The highest BCUT2D eigenvalue weighted by Gasteiger charge is 2.39. The molecule has 0 aromatic carbocycles. The van der Waals surface area contributed by atoms with Gasteiger partial charge in [0.2, 0.25) is 0 Å². The summed E-state index contributed by atoms with van der Waals surface area (Å²) in [6, 6.07) is 0. The van der Waals surface area contributed by atoms with Gasteiger partial charge in [0.25, 0.3) is 0 Å². The summed E-state index contributed by atoms with van der Waals surface area (Å²) in [6.45, 7) is -0.595. The van der Waals surface area contributed by atoms with Crippen molar-refractivity contribution < 1.29 is 27.4 Å². The van der Waals surface area contributed by atoms with Gasteiger partial charge < -0.3 is 9.63 Å². The van der Waals surface area contributed by atoms with Crippen molar-refractivity contribution in [1.29, 1.82) is 0 Å². The molecule has 0 spiro atoms. The molecule has 74 valence electrons. The molecular weight excluding hydrogens is 196 g/mol. The van der Waals surface area contributed by atoms with Crippen molar-refractivity contribution in [1.82, 2.24) is 0 Å². The summed E-state index contributed by atoms with van der Waals surface area (Å²) in [4.78, 5) is 0. The molecule has 12 heavy (non-hydrogen) atoms. The first-order valence-electron chi connectivity index (χ1n) is 3.19. The Morgan fingerprint density at radius 3 is 2.33 bits per heavy atom. The lowest BCUT2D eigenvalue weighted by Crippen LogP contribution is -2.29. The van der Waals surface area contributed by atoms with Crippen LogP contribution in [0.15, 0.2) is 0 Å². The Bertz CT molecular complexity index is 159. The van der Waals surface area contributed by atoms with Gasteiger partial charge in [-0.1, -0.05) is 0 Å². The largest absolute Gasteiger partial charge is 0.396 e. The lowest BCUT2D eigenvalue weighted by atomic mass is 10.2. The Kier molecular flexibility index (Phi) is 4.82. The minimum atomic E-state index is -4.49. The van der Waals surface area contributed by atoms with E-state index in [0.717, 1.165) is 0 Å². The predicted molar refractivity (Wildman–Crippen MR) is 37.5 cm³/mol. The summed E-state index contributed by atoms with van der Waals surface area (Å²) < 4.78 is 50.1. The number of rotatable bonds is 4. The zero-order chi connectivity index (χ0) is 9.78. The summed E-state index contributed by atoms with van der Waals surface area (Å²) in [6.07, 6.45) is -4.49. The Morgan fingerprint density at radius 2 is 2.08 bits per heavy atom. The smallest absolute Gasteiger partial charge is 0.396 e. The van der Waals surface area contributed by atoms with Gasteiger partial charge >= 0.3 is 6.18 Å². The fraction of sp³-hybridized carbons (Fsp3) is 1.00. The van der Waals surface area contributed by atoms with E-state index in [1.54, 1.807) is 0 Å². The Labute approximate surface area is 68.4 Å². The Balaban J connectivity index is 3.92. The fourth-order valence-corrected chi connectivity index (χ4v) is 0.905. The molecule has 0 aromatic heterocycles. The molecule has 0 radical (unpaired) electrons. The first-order chi connectivity index (χ1) is 5.38. The molecule has 0 rings (SSSR count). The summed E-state index contributed by atoms with van der Waals surface area (Å²) in [5, 5.41) is 8.28. The lowest BCUT2D eigenvalue weighted by Gasteiger charge is -2.16. The second-order valence-corrected chi connectivity index (χ2v) is 3.50. The summed E-state index contributed by atoms with van der Waals surface area (Å²) in [7, 11) is -2.36. The fourth-order valence-electron chi connectivity index (χ4n) is 0.469. The molecule has 0 saturated heterocycles. The molecule has 0 heterocycles. The van der Waals surface area contributed by atoms with Crippen molar-refractivity contribution in [2.75, 3.05) is 19.9 Å². The molecule has 0 fully saturated rings. The number of aliphatic hydroxyl groups excluding tert-OH is 1. The third-order valence-corrected chi connectivity index (χ3v) is 1.74. The van der Waals surface area contributed by atoms with Crippen molar-refractivity contribution in [3.8, 4) is 0 Å². The van der Waals surface area contributed by atoms with Crippen LogP contribution in [0.5, 0.6) is 0 Å². The van der Waals surface area contributed by atoms with Crippen molar-refractivity contribution in [3.63, 3.8) is 0 Å². The van der Waals surface area contributed by atoms with Gasteiger partial charge in [-0.05, 0) is 0 Å². The average molecular weight is 206 g/mol. The Morgan fingerprint density at radius 1 is 1.58 bits per heavy atom. The maximum atomic E-state index is 11.8. The van der Waals surface area contributed by atoms with Crippen LogP contribution in [0, 0.1) is 5.92 Å². The highest BCUT2D eigenvalue weighted by molar-refractivity contribution is 7.38. The standard InChI is InChI=1S/C5H10F3O3P/c1-12(10)11-3-4(2-9)5(6,7)8/h4,9,12H,2-3H2,1H3. The minimum absolute atomic E-state index is 0.742. The first kappa shape index (κ1) is 11.9. The van der Waals surface area contributed by atoms with Gasteiger partial charge in [0.15, 0.2) is 8.03 Å². The van der Waals surface area contributed by atoms with E-state index in [1.165, 1.54) is 6.66 Å². The lowest BCUT2D eigenvalue weighted by molar-refractivity contribution is -0.190. The zero-order valence-corrected chi connectivity index (χ0v) is 7.39. The van der Waals surface area contributed by atoms with E-state index in [0.29, 0.717) is 0 Å². The van der Waals surface area contributed by atoms with Gasteiger partial charge in [-0.3, -0.25) is 4.57 Å². The molecule has 2 atom stereocenters. The molecule has 7 heteroatoms. The van der Waals surface area contributed by atoms with Gasteiger partial charge in [0.05, 0.1) is 13.2 Å². The number of hydrogen-bond donors (Lipinski definition) is 1. The van der Waals surface area contributed by atoms with E-state index < -0.39 is 33.3 Å². The molecule has 1 N–H and O–H groups in total. The molecular formula is C5H10F3O3P. The number of halogens is 3. The minimum Gasteiger partial charge on any atom is -0.396 e. The van der Waals surface area contributed by atoms with E-state index in [-0.39, 0.29) is 0 Å². The number of aliphatic hydroxyl groups is 1. The third-order valence-electron chi connectivity index (χ3n) is 1.17. The van der Waals surface area contributed by atoms with Crippen LogP contribution >= 0.6 is 8.03 Å². The summed E-state index contributed by atoms with van der Waals surface area (Å²) in [5.74, 6) is -1.94.